The van der Waals surface area contributed by atoms with Gasteiger partial charge in [0.25, 0.3) is 5.69 Å². The lowest BCUT2D eigenvalue weighted by atomic mass is 9.92. The Morgan fingerprint density at radius 2 is 1.96 bits per heavy atom. The van der Waals surface area contributed by atoms with Crippen LogP contribution < -0.4 is 4.90 Å². The molecule has 0 N–H and O–H groups in total. The van der Waals surface area contributed by atoms with E-state index in [4.69, 9.17) is 11.6 Å². The first-order valence-electron chi connectivity index (χ1n) is 8.83. The van der Waals surface area contributed by atoms with Gasteiger partial charge in [-0.2, -0.15) is 0 Å². The quantitative estimate of drug-likeness (QED) is 0.315. The second-order valence-electron chi connectivity index (χ2n) is 6.71. The van der Waals surface area contributed by atoms with Crippen molar-refractivity contribution in [3.05, 3.63) is 90.6 Å². The summed E-state index contributed by atoms with van der Waals surface area (Å²) in [5.74, 6) is -0.192. The van der Waals surface area contributed by atoms with E-state index in [-0.39, 0.29) is 17.5 Å². The van der Waals surface area contributed by atoms with Gasteiger partial charge in [0, 0.05) is 28.1 Å². The summed E-state index contributed by atoms with van der Waals surface area (Å²) in [5, 5.41) is 14.5. The molecule has 2 aromatic carbocycles. The SMILES string of the molecule is CC(=O)c1ccc(N2CCc3sccc3C2c2ccc(Cl)cc2)c([N+](=O)[O-])c1. The lowest BCUT2D eigenvalue weighted by Gasteiger charge is -2.37. The molecule has 28 heavy (non-hydrogen) atoms. The van der Waals surface area contributed by atoms with Gasteiger partial charge in [0.05, 0.1) is 11.0 Å². The Bertz CT molecular complexity index is 1060. The van der Waals surface area contributed by atoms with Gasteiger partial charge in [-0.15, -0.1) is 11.3 Å². The van der Waals surface area contributed by atoms with E-state index in [9.17, 15) is 14.9 Å². The number of anilines is 1. The van der Waals surface area contributed by atoms with Crippen molar-refractivity contribution in [1.29, 1.82) is 0 Å². The Hall–Kier alpha value is -2.70. The highest BCUT2D eigenvalue weighted by atomic mass is 35.5. The van der Waals surface area contributed by atoms with Crippen LogP contribution in [0.25, 0.3) is 0 Å². The van der Waals surface area contributed by atoms with Crippen molar-refractivity contribution in [2.75, 3.05) is 11.4 Å². The number of carbonyl (C=O) groups excluding carboxylic acids is 1. The van der Waals surface area contributed by atoms with E-state index in [2.05, 4.69) is 16.3 Å². The van der Waals surface area contributed by atoms with Gasteiger partial charge in [-0.25, -0.2) is 0 Å². The van der Waals surface area contributed by atoms with Crippen LogP contribution in [0.4, 0.5) is 11.4 Å². The number of nitro groups is 1. The Labute approximate surface area is 171 Å². The Balaban J connectivity index is 1.87. The fourth-order valence-electron chi connectivity index (χ4n) is 3.71. The predicted octanol–water partition coefficient (Wildman–Crippen LogP) is 5.66. The van der Waals surface area contributed by atoms with Crippen molar-refractivity contribution >= 4 is 40.1 Å². The first-order valence-corrected chi connectivity index (χ1v) is 10.1. The summed E-state index contributed by atoms with van der Waals surface area (Å²) in [6, 6.07) is 14.3. The zero-order valence-electron chi connectivity index (χ0n) is 15.1. The van der Waals surface area contributed by atoms with E-state index in [0.717, 1.165) is 17.5 Å². The number of benzene rings is 2. The number of thiophene rings is 1. The minimum atomic E-state index is -0.413. The number of ketones is 1. The number of carbonyl (C=O) groups is 1. The Morgan fingerprint density at radius 3 is 2.64 bits per heavy atom. The molecule has 0 saturated heterocycles. The molecule has 142 valence electrons. The first-order chi connectivity index (χ1) is 13.5. The molecule has 0 saturated carbocycles. The molecule has 0 aliphatic carbocycles. The molecular formula is C21H17ClN2O3S. The molecule has 3 aromatic rings. The zero-order valence-corrected chi connectivity index (χ0v) is 16.7. The molecule has 0 fully saturated rings. The average molecular weight is 413 g/mol. The molecule has 1 aliphatic heterocycles. The molecule has 1 aromatic heterocycles. The minimum absolute atomic E-state index is 0.0506. The topological polar surface area (TPSA) is 63.5 Å². The summed E-state index contributed by atoms with van der Waals surface area (Å²) < 4.78 is 0. The largest absolute Gasteiger partial charge is 0.354 e. The molecule has 4 rings (SSSR count). The number of fused-ring (bicyclic) bond motifs is 1. The summed E-state index contributed by atoms with van der Waals surface area (Å²) in [4.78, 5) is 26.4. The van der Waals surface area contributed by atoms with Gasteiger partial charge in [-0.05, 0) is 60.2 Å². The van der Waals surface area contributed by atoms with Crippen LogP contribution in [0.15, 0.2) is 53.9 Å². The second-order valence-corrected chi connectivity index (χ2v) is 8.15. The third-order valence-electron chi connectivity index (χ3n) is 5.04. The first kappa shape index (κ1) is 18.7. The molecule has 2 heterocycles. The van der Waals surface area contributed by atoms with Gasteiger partial charge in [0.1, 0.15) is 5.69 Å². The molecule has 0 radical (unpaired) electrons. The third-order valence-corrected chi connectivity index (χ3v) is 6.29. The normalized spacial score (nSPS) is 15.9. The molecule has 1 atom stereocenters. The maximum Gasteiger partial charge on any atom is 0.293 e. The molecule has 1 aliphatic rings. The molecule has 7 heteroatoms. The summed E-state index contributed by atoms with van der Waals surface area (Å²) in [6.07, 6.45) is 0.822. The fourth-order valence-corrected chi connectivity index (χ4v) is 4.74. The van der Waals surface area contributed by atoms with Crippen LogP contribution in [0.2, 0.25) is 5.02 Å². The van der Waals surface area contributed by atoms with Crippen LogP contribution >= 0.6 is 22.9 Å². The van der Waals surface area contributed by atoms with Crippen molar-refractivity contribution in [2.24, 2.45) is 0 Å². The van der Waals surface area contributed by atoms with Crippen LogP contribution in [-0.4, -0.2) is 17.3 Å². The summed E-state index contributed by atoms with van der Waals surface area (Å²) >= 11 is 7.77. The number of hydrogen-bond donors (Lipinski definition) is 0. The van der Waals surface area contributed by atoms with E-state index < -0.39 is 4.92 Å². The molecule has 1 unspecified atom stereocenters. The summed E-state index contributed by atoms with van der Waals surface area (Å²) in [5.41, 5.74) is 2.99. The highest BCUT2D eigenvalue weighted by Gasteiger charge is 2.33. The number of Topliss-reactive ketones (excluding diaryl/α,β-unsaturated/α-hetero) is 1. The predicted molar refractivity (Wildman–Crippen MR) is 112 cm³/mol. The molecule has 5 nitrogen and oxygen atoms in total. The third kappa shape index (κ3) is 3.30. The van der Waals surface area contributed by atoms with Gasteiger partial charge in [0.15, 0.2) is 5.78 Å². The molecule has 0 spiro atoms. The highest BCUT2D eigenvalue weighted by Crippen LogP contribution is 2.43. The van der Waals surface area contributed by atoms with Gasteiger partial charge in [0.2, 0.25) is 0 Å². The number of rotatable bonds is 4. The van der Waals surface area contributed by atoms with E-state index >= 15 is 0 Å². The lowest BCUT2D eigenvalue weighted by Crippen LogP contribution is -2.35. The van der Waals surface area contributed by atoms with Crippen molar-refractivity contribution in [3.63, 3.8) is 0 Å². The smallest absolute Gasteiger partial charge is 0.293 e. The van der Waals surface area contributed by atoms with E-state index in [1.807, 2.05) is 24.3 Å². The monoisotopic (exact) mass is 412 g/mol. The van der Waals surface area contributed by atoms with Crippen molar-refractivity contribution in [3.8, 4) is 0 Å². The van der Waals surface area contributed by atoms with Crippen LogP contribution in [0.1, 0.15) is 39.3 Å². The fraction of sp³-hybridized carbons (Fsp3) is 0.190. The maximum absolute atomic E-state index is 11.8. The highest BCUT2D eigenvalue weighted by molar-refractivity contribution is 7.10. The van der Waals surface area contributed by atoms with Gasteiger partial charge in [-0.1, -0.05) is 23.7 Å². The Morgan fingerprint density at radius 1 is 1.21 bits per heavy atom. The van der Waals surface area contributed by atoms with Gasteiger partial charge < -0.3 is 4.90 Å². The zero-order chi connectivity index (χ0) is 19.8. The van der Waals surface area contributed by atoms with Gasteiger partial charge in [-0.3, -0.25) is 14.9 Å². The number of nitro benzene ring substituents is 1. The molecule has 0 amide bonds. The number of nitrogens with zero attached hydrogens (tertiary/aromatic N) is 2. The van der Waals surface area contributed by atoms with E-state index in [0.29, 0.717) is 22.8 Å². The molecule has 0 bridgehead atoms. The summed E-state index contributed by atoms with van der Waals surface area (Å²) in [7, 11) is 0. The maximum atomic E-state index is 11.8. The standard InChI is InChI=1S/C21H17ClN2O3S/c1-13(25)15-4-7-18(19(12-15)24(26)27)23-10-8-20-17(9-11-28-20)21(23)14-2-5-16(22)6-3-14/h2-7,9,11-12,21H,8,10H2,1H3. The van der Waals surface area contributed by atoms with Crippen LogP contribution in [0.3, 0.4) is 0 Å². The van der Waals surface area contributed by atoms with Crippen LogP contribution in [0, 0.1) is 10.1 Å². The minimum Gasteiger partial charge on any atom is -0.354 e. The van der Waals surface area contributed by atoms with Crippen molar-refractivity contribution in [2.45, 2.75) is 19.4 Å². The number of halogens is 1. The van der Waals surface area contributed by atoms with Crippen molar-refractivity contribution < 1.29 is 9.72 Å². The van der Waals surface area contributed by atoms with Gasteiger partial charge >= 0.3 is 0 Å². The number of hydrogen-bond acceptors (Lipinski definition) is 5. The van der Waals surface area contributed by atoms with Crippen LogP contribution in [0.5, 0.6) is 0 Å². The van der Waals surface area contributed by atoms with Crippen molar-refractivity contribution in [1.82, 2.24) is 0 Å². The summed E-state index contributed by atoms with van der Waals surface area (Å²) in [6.45, 7) is 2.06. The molecular weight excluding hydrogens is 396 g/mol. The van der Waals surface area contributed by atoms with E-state index in [1.165, 1.54) is 17.9 Å². The van der Waals surface area contributed by atoms with Crippen LogP contribution in [-0.2, 0) is 6.42 Å². The lowest BCUT2D eigenvalue weighted by molar-refractivity contribution is -0.384. The second kappa shape index (κ2) is 7.37. The average Bonchev–Trinajstić information content (AvgIpc) is 3.16. The Kier molecular flexibility index (Phi) is 4.91. The van der Waals surface area contributed by atoms with E-state index in [1.54, 1.807) is 23.5 Å².